The van der Waals surface area contributed by atoms with Crippen LogP contribution in [0.25, 0.3) is 0 Å². The second-order valence-corrected chi connectivity index (χ2v) is 5.83. The molecule has 1 aromatic carbocycles. The zero-order valence-electron chi connectivity index (χ0n) is 11.5. The topological polar surface area (TPSA) is 35.5 Å². The molecule has 1 heterocycles. The number of hydrogen-bond donors (Lipinski definition) is 2. The van der Waals surface area contributed by atoms with E-state index in [1.54, 1.807) is 0 Å². The number of aromatic hydroxyl groups is 1. The fourth-order valence-corrected chi connectivity index (χ4v) is 2.96. The molecule has 0 spiro atoms. The second kappa shape index (κ2) is 9.93. The molecule has 21 heavy (non-hydrogen) atoms. The van der Waals surface area contributed by atoms with Crippen molar-refractivity contribution in [1.29, 1.82) is 0 Å². The Labute approximate surface area is 151 Å². The van der Waals surface area contributed by atoms with Crippen molar-refractivity contribution in [2.24, 2.45) is 0 Å². The molecule has 1 aliphatic rings. The van der Waals surface area contributed by atoms with E-state index in [1.165, 1.54) is 0 Å². The van der Waals surface area contributed by atoms with Gasteiger partial charge in [0.1, 0.15) is 5.75 Å². The first-order valence-electron chi connectivity index (χ1n) is 6.37. The van der Waals surface area contributed by atoms with Crippen LogP contribution in [0.4, 0.5) is 0 Å². The van der Waals surface area contributed by atoms with Gasteiger partial charge in [-0.1, -0.05) is 23.7 Å². The molecule has 0 amide bonds. The predicted octanol–water partition coefficient (Wildman–Crippen LogP) is 4.17. The number of nitrogens with zero attached hydrogens (tertiary/aromatic N) is 1. The number of piperazine rings is 1. The molecule has 0 unspecified atom stereocenters. The van der Waals surface area contributed by atoms with Crippen molar-refractivity contribution < 1.29 is 5.11 Å². The molecule has 7 heteroatoms. The molecule has 3 nitrogen and oxygen atoms in total. The summed E-state index contributed by atoms with van der Waals surface area (Å²) >= 11 is 9.34. The van der Waals surface area contributed by atoms with E-state index in [4.69, 9.17) is 11.6 Å². The lowest BCUT2D eigenvalue weighted by Crippen LogP contribution is -2.45. The zero-order valence-corrected chi connectivity index (χ0v) is 15.5. The minimum atomic E-state index is 0. The SMILES string of the molecule is C=CC[C@H](c1ccc(Cl)c(Br)c1O)N1CCNCC1.Cl.Cl. The number of benzene rings is 1. The maximum Gasteiger partial charge on any atom is 0.136 e. The molecule has 0 aromatic heterocycles. The molecule has 0 radical (unpaired) electrons. The molecule has 1 saturated heterocycles. The minimum Gasteiger partial charge on any atom is -0.506 e. The largest absolute Gasteiger partial charge is 0.506 e. The molecule has 0 saturated carbocycles. The quantitative estimate of drug-likeness (QED) is 0.721. The highest BCUT2D eigenvalue weighted by Crippen LogP contribution is 2.40. The lowest BCUT2D eigenvalue weighted by molar-refractivity contribution is 0.172. The van der Waals surface area contributed by atoms with E-state index in [0.29, 0.717) is 9.50 Å². The minimum absolute atomic E-state index is 0. The van der Waals surface area contributed by atoms with Crippen LogP contribution >= 0.6 is 52.3 Å². The molecule has 0 aliphatic carbocycles. The number of phenols is 1. The first-order chi connectivity index (χ1) is 9.15. The Hall–Kier alpha value is 0.0300. The first-order valence-corrected chi connectivity index (χ1v) is 7.54. The van der Waals surface area contributed by atoms with Crippen molar-refractivity contribution in [2.75, 3.05) is 26.2 Å². The highest BCUT2D eigenvalue weighted by atomic mass is 79.9. The van der Waals surface area contributed by atoms with E-state index in [0.717, 1.165) is 38.2 Å². The smallest absolute Gasteiger partial charge is 0.136 e. The Morgan fingerprint density at radius 3 is 2.57 bits per heavy atom. The Kier molecular flexibility index (Phi) is 9.94. The van der Waals surface area contributed by atoms with Gasteiger partial charge in [-0.3, -0.25) is 4.90 Å². The van der Waals surface area contributed by atoms with Crippen molar-refractivity contribution in [3.63, 3.8) is 0 Å². The Bertz CT molecular complexity index is 468. The number of phenolic OH excluding ortho intramolecular Hbond substituents is 1. The van der Waals surface area contributed by atoms with E-state index in [9.17, 15) is 5.11 Å². The molecular weight excluding hydrogens is 398 g/mol. The summed E-state index contributed by atoms with van der Waals surface area (Å²) in [6, 6.07) is 3.87. The molecule has 0 bridgehead atoms. The third-order valence-corrected chi connectivity index (χ3v) is 4.79. The Morgan fingerprint density at radius 2 is 2.00 bits per heavy atom. The van der Waals surface area contributed by atoms with Gasteiger partial charge in [-0.25, -0.2) is 0 Å². The van der Waals surface area contributed by atoms with Gasteiger partial charge in [0.2, 0.25) is 0 Å². The van der Waals surface area contributed by atoms with Gasteiger partial charge in [0.05, 0.1) is 9.50 Å². The van der Waals surface area contributed by atoms with Crippen molar-refractivity contribution >= 4 is 52.3 Å². The van der Waals surface area contributed by atoms with Gasteiger partial charge >= 0.3 is 0 Å². The van der Waals surface area contributed by atoms with Gasteiger partial charge in [0, 0.05) is 37.8 Å². The third kappa shape index (κ3) is 5.02. The normalized spacial score (nSPS) is 16.5. The monoisotopic (exact) mass is 416 g/mol. The van der Waals surface area contributed by atoms with Crippen LogP contribution in [-0.4, -0.2) is 36.2 Å². The summed E-state index contributed by atoms with van der Waals surface area (Å²) in [5.74, 6) is 0.234. The average Bonchev–Trinajstić information content (AvgIpc) is 2.44. The molecule has 1 atom stereocenters. The molecule has 1 aromatic rings. The van der Waals surface area contributed by atoms with Crippen LogP contribution in [0, 0.1) is 0 Å². The van der Waals surface area contributed by atoms with Gasteiger partial charge in [0.15, 0.2) is 0 Å². The fraction of sp³-hybridized carbons (Fsp3) is 0.429. The third-order valence-electron chi connectivity index (χ3n) is 3.44. The summed E-state index contributed by atoms with van der Waals surface area (Å²) in [4.78, 5) is 2.37. The van der Waals surface area contributed by atoms with Crippen molar-refractivity contribution in [3.8, 4) is 5.75 Å². The van der Waals surface area contributed by atoms with Crippen molar-refractivity contribution in [2.45, 2.75) is 12.5 Å². The number of nitrogens with one attached hydrogen (secondary N) is 1. The summed E-state index contributed by atoms with van der Waals surface area (Å²) in [5.41, 5.74) is 0.901. The lowest BCUT2D eigenvalue weighted by atomic mass is 10.00. The van der Waals surface area contributed by atoms with Crippen LogP contribution < -0.4 is 5.32 Å². The summed E-state index contributed by atoms with van der Waals surface area (Å²) in [6.07, 6.45) is 2.70. The zero-order chi connectivity index (χ0) is 13.8. The lowest BCUT2D eigenvalue weighted by Gasteiger charge is -2.35. The van der Waals surface area contributed by atoms with Gasteiger partial charge in [-0.15, -0.1) is 31.4 Å². The second-order valence-electron chi connectivity index (χ2n) is 4.63. The van der Waals surface area contributed by atoms with E-state index < -0.39 is 0 Å². The number of halogens is 4. The molecule has 2 rings (SSSR count). The highest BCUT2D eigenvalue weighted by molar-refractivity contribution is 9.10. The van der Waals surface area contributed by atoms with E-state index in [2.05, 4.69) is 32.7 Å². The van der Waals surface area contributed by atoms with Gasteiger partial charge in [-0.05, 0) is 28.4 Å². The van der Waals surface area contributed by atoms with E-state index in [-0.39, 0.29) is 36.6 Å². The first kappa shape index (κ1) is 21.0. The average molecular weight is 419 g/mol. The Balaban J connectivity index is 0.00000200. The molecular formula is C14H20BrCl3N2O. The highest BCUT2D eigenvalue weighted by Gasteiger charge is 2.24. The molecule has 1 aliphatic heterocycles. The molecule has 1 fully saturated rings. The Morgan fingerprint density at radius 1 is 1.38 bits per heavy atom. The summed E-state index contributed by atoms with van der Waals surface area (Å²) < 4.78 is 0.566. The molecule has 120 valence electrons. The van der Waals surface area contributed by atoms with Crippen LogP contribution in [-0.2, 0) is 0 Å². The molecule has 2 N–H and O–H groups in total. The van der Waals surface area contributed by atoms with Crippen LogP contribution in [0.3, 0.4) is 0 Å². The fourth-order valence-electron chi connectivity index (χ4n) is 2.45. The van der Waals surface area contributed by atoms with Crippen LogP contribution in [0.5, 0.6) is 5.75 Å². The maximum atomic E-state index is 10.3. The van der Waals surface area contributed by atoms with E-state index in [1.807, 2.05) is 18.2 Å². The summed E-state index contributed by atoms with van der Waals surface area (Å²) in [7, 11) is 0. The standard InChI is InChI=1S/C14H18BrClN2O.2ClH/c1-2-3-12(18-8-6-17-7-9-18)10-4-5-11(16)13(15)14(10)19;;/h2,4-5,12,17,19H,1,3,6-9H2;2*1H/t12-;;/m1../s1. The number of hydrogen-bond acceptors (Lipinski definition) is 3. The predicted molar refractivity (Wildman–Crippen MR) is 97.3 cm³/mol. The van der Waals surface area contributed by atoms with Gasteiger partial charge in [-0.2, -0.15) is 0 Å². The van der Waals surface area contributed by atoms with Crippen LogP contribution in [0.15, 0.2) is 29.3 Å². The van der Waals surface area contributed by atoms with Crippen molar-refractivity contribution in [3.05, 3.63) is 39.8 Å². The van der Waals surface area contributed by atoms with Gasteiger partial charge in [0.25, 0.3) is 0 Å². The summed E-state index contributed by atoms with van der Waals surface area (Å²) in [5, 5.41) is 14.2. The van der Waals surface area contributed by atoms with Crippen LogP contribution in [0.1, 0.15) is 18.0 Å². The van der Waals surface area contributed by atoms with Gasteiger partial charge < -0.3 is 10.4 Å². The number of rotatable bonds is 4. The van der Waals surface area contributed by atoms with Crippen molar-refractivity contribution in [1.82, 2.24) is 10.2 Å². The summed E-state index contributed by atoms with van der Waals surface area (Å²) in [6.45, 7) is 7.72. The maximum absolute atomic E-state index is 10.3. The van der Waals surface area contributed by atoms with Crippen LogP contribution in [0.2, 0.25) is 5.02 Å². The van der Waals surface area contributed by atoms with E-state index >= 15 is 0 Å².